The van der Waals surface area contributed by atoms with E-state index in [2.05, 4.69) is 15.0 Å². The molecule has 1 aromatic rings. The zero-order valence-electron chi connectivity index (χ0n) is 12.3. The van der Waals surface area contributed by atoms with E-state index in [0.29, 0.717) is 6.07 Å². The van der Waals surface area contributed by atoms with Crippen LogP contribution in [-0.4, -0.2) is 29.9 Å². The van der Waals surface area contributed by atoms with Crippen molar-refractivity contribution >= 4 is 17.6 Å². The van der Waals surface area contributed by atoms with E-state index in [1.54, 1.807) is 0 Å². The highest BCUT2D eigenvalue weighted by atomic mass is 19.4. The highest BCUT2D eigenvalue weighted by Crippen LogP contribution is 2.30. The normalized spacial score (nSPS) is 15.0. The predicted octanol–water partition coefficient (Wildman–Crippen LogP) is 2.10. The SMILES string of the molecule is COC(=O)CC(=O)c1cc(C(F)(F)F)c(=O)[nH]c1NC1CCC1. The average molecular weight is 332 g/mol. The van der Waals surface area contributed by atoms with Gasteiger partial charge in [0.05, 0.1) is 12.7 Å². The molecule has 0 amide bonds. The number of halogens is 3. The van der Waals surface area contributed by atoms with Gasteiger partial charge in [-0.05, 0) is 25.3 Å². The first-order valence-corrected chi connectivity index (χ1v) is 6.93. The van der Waals surface area contributed by atoms with Crippen molar-refractivity contribution in [1.82, 2.24) is 4.98 Å². The molecule has 0 atom stereocenters. The summed E-state index contributed by atoms with van der Waals surface area (Å²) in [5.41, 5.74) is -3.20. The molecule has 1 aliphatic rings. The lowest BCUT2D eigenvalue weighted by Gasteiger charge is -2.28. The number of esters is 1. The minimum absolute atomic E-state index is 0.0212. The van der Waals surface area contributed by atoms with Gasteiger partial charge in [-0.25, -0.2) is 0 Å². The van der Waals surface area contributed by atoms with Gasteiger partial charge in [-0.3, -0.25) is 14.4 Å². The molecule has 1 aromatic heterocycles. The van der Waals surface area contributed by atoms with E-state index in [1.807, 2.05) is 0 Å². The number of hydrogen-bond acceptors (Lipinski definition) is 5. The molecule has 9 heteroatoms. The number of rotatable bonds is 5. The first-order valence-electron chi connectivity index (χ1n) is 6.93. The molecule has 1 heterocycles. The van der Waals surface area contributed by atoms with Crippen LogP contribution in [0.2, 0.25) is 0 Å². The maximum Gasteiger partial charge on any atom is 0.421 e. The van der Waals surface area contributed by atoms with Crippen LogP contribution in [0.1, 0.15) is 41.6 Å². The quantitative estimate of drug-likeness (QED) is 0.490. The topological polar surface area (TPSA) is 88.3 Å². The number of nitrogens with one attached hydrogen (secondary N) is 2. The number of carbonyl (C=O) groups excluding carboxylic acids is 2. The van der Waals surface area contributed by atoms with Gasteiger partial charge in [-0.2, -0.15) is 13.2 Å². The summed E-state index contributed by atoms with van der Waals surface area (Å²) in [4.78, 5) is 36.9. The number of ketones is 1. The van der Waals surface area contributed by atoms with Crippen LogP contribution in [0.25, 0.3) is 0 Å². The fourth-order valence-corrected chi connectivity index (χ4v) is 2.13. The van der Waals surface area contributed by atoms with Crippen molar-refractivity contribution < 1.29 is 27.5 Å². The smallest absolute Gasteiger partial charge is 0.421 e. The molecule has 126 valence electrons. The number of alkyl halides is 3. The van der Waals surface area contributed by atoms with Crippen LogP contribution in [0.5, 0.6) is 0 Å². The fraction of sp³-hybridized carbons (Fsp3) is 0.500. The monoisotopic (exact) mass is 332 g/mol. The summed E-state index contributed by atoms with van der Waals surface area (Å²) in [6.07, 6.45) is -3.09. The van der Waals surface area contributed by atoms with Crippen molar-refractivity contribution in [2.24, 2.45) is 0 Å². The summed E-state index contributed by atoms with van der Waals surface area (Å²) in [6.45, 7) is 0. The molecule has 0 unspecified atom stereocenters. The molecule has 1 fully saturated rings. The van der Waals surface area contributed by atoms with Gasteiger partial charge in [-0.15, -0.1) is 0 Å². The van der Waals surface area contributed by atoms with E-state index < -0.39 is 35.5 Å². The third-order valence-corrected chi connectivity index (χ3v) is 3.63. The van der Waals surface area contributed by atoms with Crippen LogP contribution >= 0.6 is 0 Å². The Labute approximate surface area is 129 Å². The molecule has 2 N–H and O–H groups in total. The summed E-state index contributed by atoms with van der Waals surface area (Å²) in [6, 6.07) is 0.456. The number of aromatic amines is 1. The average Bonchev–Trinajstić information content (AvgIpc) is 2.41. The molecule has 0 saturated heterocycles. The van der Waals surface area contributed by atoms with Crippen molar-refractivity contribution in [1.29, 1.82) is 0 Å². The maximum atomic E-state index is 12.8. The Morgan fingerprint density at radius 3 is 2.52 bits per heavy atom. The first-order chi connectivity index (χ1) is 10.7. The minimum atomic E-state index is -4.90. The second-order valence-electron chi connectivity index (χ2n) is 5.25. The number of carbonyl (C=O) groups is 2. The standard InChI is InChI=1S/C14H15F3N2O4/c1-23-11(21)6-10(20)8-5-9(14(15,16)17)13(22)19-12(8)18-7-3-2-4-7/h5,7H,2-4,6H2,1H3,(H2,18,19,22). The number of anilines is 1. The molecule has 0 aromatic carbocycles. The Hall–Kier alpha value is -2.32. The van der Waals surface area contributed by atoms with Gasteiger partial charge in [-0.1, -0.05) is 0 Å². The maximum absolute atomic E-state index is 12.8. The lowest BCUT2D eigenvalue weighted by atomic mass is 9.93. The van der Waals surface area contributed by atoms with Gasteiger partial charge >= 0.3 is 12.1 Å². The number of Topliss-reactive ketones (excluding diaryl/α,β-unsaturated/α-hetero) is 1. The van der Waals surface area contributed by atoms with Crippen LogP contribution in [0, 0.1) is 0 Å². The Morgan fingerprint density at radius 2 is 2.04 bits per heavy atom. The Kier molecular flexibility index (Phi) is 4.76. The van der Waals surface area contributed by atoms with Crippen LogP contribution in [0.3, 0.4) is 0 Å². The van der Waals surface area contributed by atoms with Gasteiger partial charge in [0.15, 0.2) is 5.78 Å². The zero-order valence-corrected chi connectivity index (χ0v) is 12.3. The number of pyridine rings is 1. The summed E-state index contributed by atoms with van der Waals surface area (Å²) in [7, 11) is 1.07. The third kappa shape index (κ3) is 3.91. The van der Waals surface area contributed by atoms with E-state index in [9.17, 15) is 27.6 Å². The molecule has 1 saturated carbocycles. The molecule has 0 bridgehead atoms. The van der Waals surface area contributed by atoms with Crippen LogP contribution in [-0.2, 0) is 15.7 Å². The van der Waals surface area contributed by atoms with Crippen molar-refractivity contribution in [2.75, 3.05) is 12.4 Å². The van der Waals surface area contributed by atoms with Gasteiger partial charge < -0.3 is 15.0 Å². The Balaban J connectivity index is 2.43. The molecule has 6 nitrogen and oxygen atoms in total. The molecular weight excluding hydrogens is 317 g/mol. The number of methoxy groups -OCH3 is 1. The van der Waals surface area contributed by atoms with Crippen molar-refractivity contribution in [3.8, 4) is 0 Å². The number of H-pyrrole nitrogens is 1. The highest BCUT2D eigenvalue weighted by Gasteiger charge is 2.36. The van der Waals surface area contributed by atoms with E-state index in [1.165, 1.54) is 0 Å². The molecule has 0 spiro atoms. The molecule has 0 aliphatic heterocycles. The largest absolute Gasteiger partial charge is 0.469 e. The highest BCUT2D eigenvalue weighted by molar-refractivity contribution is 6.08. The number of ether oxygens (including phenoxy) is 1. The van der Waals surface area contributed by atoms with E-state index in [-0.39, 0.29) is 17.4 Å². The zero-order chi connectivity index (χ0) is 17.2. The predicted molar refractivity (Wildman–Crippen MR) is 74.3 cm³/mol. The summed E-state index contributed by atoms with van der Waals surface area (Å²) in [5.74, 6) is -1.83. The second-order valence-corrected chi connectivity index (χ2v) is 5.25. The lowest BCUT2D eigenvalue weighted by molar-refractivity contribution is -0.139. The van der Waals surface area contributed by atoms with Crippen molar-refractivity contribution in [3.05, 3.63) is 27.5 Å². The molecule has 0 radical (unpaired) electrons. The van der Waals surface area contributed by atoms with E-state index >= 15 is 0 Å². The van der Waals surface area contributed by atoms with Crippen LogP contribution < -0.4 is 10.9 Å². The van der Waals surface area contributed by atoms with Crippen molar-refractivity contribution in [3.63, 3.8) is 0 Å². The fourth-order valence-electron chi connectivity index (χ4n) is 2.13. The lowest BCUT2D eigenvalue weighted by Crippen LogP contribution is -2.31. The molecule has 23 heavy (non-hydrogen) atoms. The Morgan fingerprint density at radius 1 is 1.39 bits per heavy atom. The number of hydrogen-bond donors (Lipinski definition) is 2. The van der Waals surface area contributed by atoms with Crippen LogP contribution in [0.15, 0.2) is 10.9 Å². The van der Waals surface area contributed by atoms with Crippen molar-refractivity contribution in [2.45, 2.75) is 37.9 Å². The number of aromatic nitrogens is 1. The van der Waals surface area contributed by atoms with Crippen LogP contribution in [0.4, 0.5) is 19.0 Å². The van der Waals surface area contributed by atoms with Gasteiger partial charge in [0.25, 0.3) is 5.56 Å². The summed E-state index contributed by atoms with van der Waals surface area (Å²) >= 11 is 0. The van der Waals surface area contributed by atoms with Gasteiger partial charge in [0.1, 0.15) is 17.8 Å². The minimum Gasteiger partial charge on any atom is -0.469 e. The second kappa shape index (κ2) is 6.43. The van der Waals surface area contributed by atoms with Gasteiger partial charge in [0, 0.05) is 6.04 Å². The molecular formula is C14H15F3N2O4. The molecule has 1 aliphatic carbocycles. The van der Waals surface area contributed by atoms with Gasteiger partial charge in [0.2, 0.25) is 0 Å². The first kappa shape index (κ1) is 17.0. The third-order valence-electron chi connectivity index (χ3n) is 3.63. The summed E-state index contributed by atoms with van der Waals surface area (Å²) in [5, 5.41) is 2.84. The van der Waals surface area contributed by atoms with E-state index in [4.69, 9.17) is 0 Å². The summed E-state index contributed by atoms with van der Waals surface area (Å²) < 4.78 is 42.9. The molecule has 2 rings (SSSR count). The Bertz CT molecular complexity index is 678. The van der Waals surface area contributed by atoms with E-state index in [0.717, 1.165) is 26.4 Å².